The monoisotopic (exact) mass is 647 g/mol. The molecule has 1 saturated carbocycles. The van der Waals surface area contributed by atoms with E-state index in [9.17, 15) is 22.4 Å². The maximum Gasteiger partial charge on any atom is 0.264 e. The Morgan fingerprint density at radius 2 is 1.60 bits per heavy atom. The van der Waals surface area contributed by atoms with E-state index in [0.29, 0.717) is 22.0 Å². The van der Waals surface area contributed by atoms with Gasteiger partial charge in [-0.15, -0.1) is 0 Å². The third-order valence-electron chi connectivity index (χ3n) is 7.68. The summed E-state index contributed by atoms with van der Waals surface area (Å²) in [7, 11) is -4.29. The van der Waals surface area contributed by atoms with Crippen LogP contribution in [-0.4, -0.2) is 43.8 Å². The molecule has 3 aromatic carbocycles. The maximum atomic E-state index is 14.2. The van der Waals surface area contributed by atoms with E-state index >= 15 is 0 Å². The Morgan fingerprint density at radius 3 is 2.21 bits per heavy atom. The minimum atomic E-state index is -4.29. The Kier molecular flexibility index (Phi) is 11.1. The van der Waals surface area contributed by atoms with Gasteiger partial charge in [0.25, 0.3) is 10.0 Å². The SMILES string of the molecule is CC[C@@H](C(=O)NC1CCCCC1)N(Cc1ccc(Cl)c(Cl)c1)C(=O)CN(c1ccc(C)cc1)S(=O)(=O)c1ccc(F)cc1. The zero-order chi connectivity index (χ0) is 31.1. The molecule has 0 spiro atoms. The Labute approximate surface area is 263 Å². The Balaban J connectivity index is 1.71. The summed E-state index contributed by atoms with van der Waals surface area (Å²) >= 11 is 12.4. The maximum absolute atomic E-state index is 14.2. The summed E-state index contributed by atoms with van der Waals surface area (Å²) in [5, 5.41) is 3.76. The smallest absolute Gasteiger partial charge is 0.264 e. The summed E-state index contributed by atoms with van der Waals surface area (Å²) in [4.78, 5) is 29.1. The zero-order valence-electron chi connectivity index (χ0n) is 24.2. The Hall–Kier alpha value is -3.14. The van der Waals surface area contributed by atoms with Gasteiger partial charge < -0.3 is 10.2 Å². The van der Waals surface area contributed by atoms with E-state index in [-0.39, 0.29) is 29.1 Å². The number of nitrogens with zero attached hydrogens (tertiary/aromatic N) is 2. The molecule has 0 saturated heterocycles. The van der Waals surface area contributed by atoms with Gasteiger partial charge in [0.2, 0.25) is 11.8 Å². The summed E-state index contributed by atoms with van der Waals surface area (Å²) in [6.07, 6.45) is 5.24. The predicted molar refractivity (Wildman–Crippen MR) is 168 cm³/mol. The summed E-state index contributed by atoms with van der Waals surface area (Å²) in [5.41, 5.74) is 1.80. The van der Waals surface area contributed by atoms with Crippen molar-refractivity contribution >= 4 is 50.7 Å². The number of amides is 2. The van der Waals surface area contributed by atoms with E-state index in [4.69, 9.17) is 23.2 Å². The molecule has 2 amide bonds. The van der Waals surface area contributed by atoms with Gasteiger partial charge in [-0.25, -0.2) is 12.8 Å². The molecular formula is C32H36Cl2FN3O4S. The third-order valence-corrected chi connectivity index (χ3v) is 10.2. The van der Waals surface area contributed by atoms with Crippen LogP contribution in [0.25, 0.3) is 0 Å². The number of carbonyl (C=O) groups is 2. The second kappa shape index (κ2) is 14.6. The van der Waals surface area contributed by atoms with Gasteiger partial charge in [0.1, 0.15) is 18.4 Å². The molecule has 3 aromatic rings. The lowest BCUT2D eigenvalue weighted by Gasteiger charge is -2.34. The number of carbonyl (C=O) groups excluding carboxylic acids is 2. The molecule has 0 aromatic heterocycles. The van der Waals surface area contributed by atoms with Gasteiger partial charge in [0, 0.05) is 12.6 Å². The molecule has 0 heterocycles. The number of aryl methyl sites for hydroxylation is 1. The molecule has 0 bridgehead atoms. The highest BCUT2D eigenvalue weighted by atomic mass is 35.5. The van der Waals surface area contributed by atoms with E-state index in [1.54, 1.807) is 42.5 Å². The average Bonchev–Trinajstić information content (AvgIpc) is 2.98. The summed E-state index contributed by atoms with van der Waals surface area (Å²) < 4.78 is 42.4. The van der Waals surface area contributed by atoms with Crippen LogP contribution in [0.3, 0.4) is 0 Å². The van der Waals surface area contributed by atoms with Crippen LogP contribution in [0.5, 0.6) is 0 Å². The van der Waals surface area contributed by atoms with Crippen LogP contribution in [0.2, 0.25) is 10.0 Å². The van der Waals surface area contributed by atoms with Crippen LogP contribution < -0.4 is 9.62 Å². The first-order chi connectivity index (χ1) is 20.5. The number of halogens is 3. The van der Waals surface area contributed by atoms with Gasteiger partial charge >= 0.3 is 0 Å². The van der Waals surface area contributed by atoms with E-state index < -0.39 is 34.3 Å². The minimum Gasteiger partial charge on any atom is -0.352 e. The van der Waals surface area contributed by atoms with Crippen LogP contribution in [0, 0.1) is 12.7 Å². The minimum absolute atomic E-state index is 0.00461. The highest BCUT2D eigenvalue weighted by Crippen LogP contribution is 2.27. The van der Waals surface area contributed by atoms with Crippen LogP contribution in [0.15, 0.2) is 71.6 Å². The molecule has 1 aliphatic carbocycles. The standard InChI is InChI=1S/C32H36Cl2FN3O4S/c1-3-30(32(40)36-25-7-5-4-6-8-25)37(20-23-11-18-28(33)29(34)19-23)31(39)21-38(26-14-9-22(2)10-15-26)43(41,42)27-16-12-24(35)13-17-27/h9-19,25,30H,3-8,20-21H2,1-2H3,(H,36,40)/t30-/m0/s1. The highest BCUT2D eigenvalue weighted by Gasteiger charge is 2.34. The van der Waals surface area contributed by atoms with Crippen molar-refractivity contribution in [2.24, 2.45) is 0 Å². The van der Waals surface area contributed by atoms with Crippen molar-refractivity contribution < 1.29 is 22.4 Å². The molecular weight excluding hydrogens is 612 g/mol. The van der Waals surface area contributed by atoms with Crippen molar-refractivity contribution in [1.29, 1.82) is 0 Å². The number of anilines is 1. The van der Waals surface area contributed by atoms with E-state index in [0.717, 1.165) is 66.2 Å². The number of sulfonamides is 1. The number of benzene rings is 3. The Bertz CT molecular complexity index is 1530. The summed E-state index contributed by atoms with van der Waals surface area (Å²) in [6, 6.07) is 15.3. The molecule has 0 radical (unpaired) electrons. The fraction of sp³-hybridized carbons (Fsp3) is 0.375. The molecule has 11 heteroatoms. The van der Waals surface area contributed by atoms with Crippen molar-refractivity contribution in [2.45, 2.75) is 75.9 Å². The molecule has 1 fully saturated rings. The summed E-state index contributed by atoms with van der Waals surface area (Å²) in [6.45, 7) is 3.10. The molecule has 0 unspecified atom stereocenters. The van der Waals surface area contributed by atoms with Crippen molar-refractivity contribution in [3.63, 3.8) is 0 Å². The molecule has 1 atom stereocenters. The third kappa shape index (κ3) is 8.28. The Morgan fingerprint density at radius 1 is 0.953 bits per heavy atom. The first-order valence-corrected chi connectivity index (χ1v) is 16.6. The fourth-order valence-electron chi connectivity index (χ4n) is 5.27. The van der Waals surface area contributed by atoms with Gasteiger partial charge in [0.05, 0.1) is 20.6 Å². The average molecular weight is 649 g/mol. The van der Waals surface area contributed by atoms with Gasteiger partial charge in [-0.05, 0) is 80.3 Å². The van der Waals surface area contributed by atoms with Crippen LogP contribution in [0.4, 0.5) is 10.1 Å². The second-order valence-electron chi connectivity index (χ2n) is 10.8. The number of rotatable bonds is 11. The lowest BCUT2D eigenvalue weighted by Crippen LogP contribution is -2.54. The van der Waals surface area contributed by atoms with Crippen molar-refractivity contribution in [2.75, 3.05) is 10.8 Å². The summed E-state index contributed by atoms with van der Waals surface area (Å²) in [5.74, 6) is -1.45. The van der Waals surface area contributed by atoms with E-state index in [2.05, 4.69) is 5.32 Å². The number of nitrogens with one attached hydrogen (secondary N) is 1. The molecule has 43 heavy (non-hydrogen) atoms. The van der Waals surface area contributed by atoms with Crippen LogP contribution in [0.1, 0.15) is 56.6 Å². The van der Waals surface area contributed by atoms with Gasteiger partial charge in [-0.3, -0.25) is 13.9 Å². The zero-order valence-corrected chi connectivity index (χ0v) is 26.6. The topological polar surface area (TPSA) is 86.8 Å². The van der Waals surface area contributed by atoms with Crippen LogP contribution in [-0.2, 0) is 26.2 Å². The first kappa shape index (κ1) is 32.8. The molecule has 4 rings (SSSR count). The quantitative estimate of drug-likeness (QED) is 0.245. The van der Waals surface area contributed by atoms with Gasteiger partial charge in [-0.2, -0.15) is 0 Å². The second-order valence-corrected chi connectivity index (χ2v) is 13.5. The lowest BCUT2D eigenvalue weighted by molar-refractivity contribution is -0.140. The highest BCUT2D eigenvalue weighted by molar-refractivity contribution is 7.92. The van der Waals surface area contributed by atoms with Gasteiger partial charge in [0.15, 0.2) is 0 Å². The predicted octanol–water partition coefficient (Wildman–Crippen LogP) is 6.89. The first-order valence-electron chi connectivity index (χ1n) is 14.4. The van der Waals surface area contributed by atoms with Crippen LogP contribution >= 0.6 is 23.2 Å². The molecule has 1 aliphatic rings. The van der Waals surface area contributed by atoms with Gasteiger partial charge in [-0.1, -0.05) is 73.2 Å². The number of hydrogen-bond donors (Lipinski definition) is 1. The van der Waals surface area contributed by atoms with Crippen molar-refractivity contribution in [3.8, 4) is 0 Å². The molecule has 0 aliphatic heterocycles. The largest absolute Gasteiger partial charge is 0.352 e. The fourth-order valence-corrected chi connectivity index (χ4v) is 7.01. The van der Waals surface area contributed by atoms with E-state index in [1.165, 1.54) is 4.90 Å². The lowest BCUT2D eigenvalue weighted by atomic mass is 9.95. The van der Waals surface area contributed by atoms with Crippen molar-refractivity contribution in [1.82, 2.24) is 10.2 Å². The molecule has 230 valence electrons. The number of hydrogen-bond acceptors (Lipinski definition) is 4. The molecule has 7 nitrogen and oxygen atoms in total. The normalized spacial score (nSPS) is 14.6. The van der Waals surface area contributed by atoms with E-state index in [1.807, 2.05) is 13.8 Å². The van der Waals surface area contributed by atoms with Crippen molar-refractivity contribution in [3.05, 3.63) is 93.7 Å². The molecule has 1 N–H and O–H groups in total.